The highest BCUT2D eigenvalue weighted by atomic mass is 32.1. The number of hydrogen-bond acceptors (Lipinski definition) is 6. The van der Waals surface area contributed by atoms with Gasteiger partial charge in [-0.25, -0.2) is 9.97 Å². The lowest BCUT2D eigenvalue weighted by Gasteiger charge is -1.93. The number of hydrogen-bond donors (Lipinski definition) is 2. The molecule has 5 nitrogen and oxygen atoms in total. The number of nitrogen functional groups attached to an aromatic ring is 2. The molecule has 62 valence electrons. The molecule has 2 rings (SSSR count). The zero-order chi connectivity index (χ0) is 8.72. The molecule has 2 aromatic heterocycles. The zero-order valence-electron chi connectivity index (χ0n) is 6.40. The van der Waals surface area contributed by atoms with Crippen LogP contribution in [-0.2, 0) is 0 Å². The summed E-state index contributed by atoms with van der Waals surface area (Å²) < 4.78 is 0.904. The lowest BCUT2D eigenvalue weighted by molar-refractivity contribution is 1.16. The Morgan fingerprint density at radius 2 is 1.92 bits per heavy atom. The summed E-state index contributed by atoms with van der Waals surface area (Å²) in [6.07, 6.45) is 0. The molecule has 12 heavy (non-hydrogen) atoms. The van der Waals surface area contributed by atoms with E-state index >= 15 is 0 Å². The number of anilines is 2. The SMILES string of the molecule is Cc1nc(N)nc2nc(N)sc12. The van der Waals surface area contributed by atoms with Gasteiger partial charge in [0.15, 0.2) is 10.8 Å². The Morgan fingerprint density at radius 1 is 1.17 bits per heavy atom. The van der Waals surface area contributed by atoms with Gasteiger partial charge in [-0.1, -0.05) is 11.3 Å². The third kappa shape index (κ3) is 0.964. The van der Waals surface area contributed by atoms with Gasteiger partial charge < -0.3 is 11.5 Å². The van der Waals surface area contributed by atoms with E-state index in [9.17, 15) is 0 Å². The lowest BCUT2D eigenvalue weighted by Crippen LogP contribution is -1.96. The molecule has 0 saturated carbocycles. The van der Waals surface area contributed by atoms with Crippen molar-refractivity contribution < 1.29 is 0 Å². The van der Waals surface area contributed by atoms with Gasteiger partial charge in [0.25, 0.3) is 0 Å². The first-order valence-corrected chi connectivity index (χ1v) is 4.14. The minimum atomic E-state index is 0.241. The van der Waals surface area contributed by atoms with Crippen molar-refractivity contribution in [3.8, 4) is 0 Å². The van der Waals surface area contributed by atoms with Crippen molar-refractivity contribution in [1.82, 2.24) is 15.0 Å². The van der Waals surface area contributed by atoms with Crippen LogP contribution >= 0.6 is 11.3 Å². The molecule has 0 atom stereocenters. The van der Waals surface area contributed by atoms with Crippen LogP contribution in [0.25, 0.3) is 10.3 Å². The lowest BCUT2D eigenvalue weighted by atomic mass is 10.4. The minimum absolute atomic E-state index is 0.241. The number of nitrogens with zero attached hydrogens (tertiary/aromatic N) is 3. The van der Waals surface area contributed by atoms with Crippen LogP contribution in [0, 0.1) is 6.92 Å². The number of rotatable bonds is 0. The molecule has 0 amide bonds. The Bertz CT molecular complexity index is 435. The molecule has 0 aliphatic carbocycles. The predicted octanol–water partition coefficient (Wildman–Crippen LogP) is 0.559. The fourth-order valence-electron chi connectivity index (χ4n) is 0.996. The maximum atomic E-state index is 5.51. The van der Waals surface area contributed by atoms with E-state index in [1.54, 1.807) is 0 Å². The molecule has 4 N–H and O–H groups in total. The first-order chi connectivity index (χ1) is 5.66. The maximum absolute atomic E-state index is 5.51. The van der Waals surface area contributed by atoms with Crippen LogP contribution in [0.2, 0.25) is 0 Å². The number of aryl methyl sites for hydroxylation is 1. The molecule has 0 aliphatic rings. The van der Waals surface area contributed by atoms with Gasteiger partial charge >= 0.3 is 0 Å². The second-order valence-corrected chi connectivity index (χ2v) is 3.40. The molecule has 0 unspecified atom stereocenters. The third-order valence-corrected chi connectivity index (χ3v) is 2.44. The average Bonchev–Trinajstić information content (AvgIpc) is 2.29. The van der Waals surface area contributed by atoms with Crippen LogP contribution in [-0.4, -0.2) is 15.0 Å². The Hall–Kier alpha value is -1.43. The van der Waals surface area contributed by atoms with Crippen LogP contribution in [0.5, 0.6) is 0 Å². The van der Waals surface area contributed by atoms with E-state index in [4.69, 9.17) is 11.5 Å². The summed E-state index contributed by atoms with van der Waals surface area (Å²) in [5.41, 5.74) is 12.4. The normalized spacial score (nSPS) is 10.8. The topological polar surface area (TPSA) is 90.7 Å². The predicted molar refractivity (Wildman–Crippen MR) is 48.8 cm³/mol. The Morgan fingerprint density at radius 3 is 2.67 bits per heavy atom. The number of fused-ring (bicyclic) bond motifs is 1. The van der Waals surface area contributed by atoms with Crippen LogP contribution in [0.4, 0.5) is 11.1 Å². The smallest absolute Gasteiger partial charge is 0.222 e. The summed E-state index contributed by atoms with van der Waals surface area (Å²) in [5, 5.41) is 0.494. The quantitative estimate of drug-likeness (QED) is 0.619. The fraction of sp³-hybridized carbons (Fsp3) is 0.167. The van der Waals surface area contributed by atoms with Crippen molar-refractivity contribution in [2.45, 2.75) is 6.92 Å². The molecular weight excluding hydrogens is 174 g/mol. The Kier molecular flexibility index (Phi) is 1.37. The molecule has 0 bridgehead atoms. The first-order valence-electron chi connectivity index (χ1n) is 3.33. The highest BCUT2D eigenvalue weighted by Crippen LogP contribution is 2.24. The van der Waals surface area contributed by atoms with E-state index in [1.807, 2.05) is 6.92 Å². The minimum Gasteiger partial charge on any atom is -0.375 e. The summed E-state index contributed by atoms with van der Waals surface area (Å²) in [5.74, 6) is 0.241. The summed E-state index contributed by atoms with van der Waals surface area (Å²) in [6, 6.07) is 0. The summed E-state index contributed by atoms with van der Waals surface area (Å²) in [7, 11) is 0. The van der Waals surface area contributed by atoms with Crippen LogP contribution in [0.3, 0.4) is 0 Å². The van der Waals surface area contributed by atoms with Crippen molar-refractivity contribution in [1.29, 1.82) is 0 Å². The molecular formula is C6H7N5S. The Balaban J connectivity index is 2.88. The molecule has 0 spiro atoms. The van der Waals surface area contributed by atoms with Gasteiger partial charge in [0.2, 0.25) is 5.95 Å². The summed E-state index contributed by atoms with van der Waals surface area (Å²) >= 11 is 1.37. The van der Waals surface area contributed by atoms with Gasteiger partial charge in [0.1, 0.15) is 0 Å². The number of aromatic nitrogens is 3. The van der Waals surface area contributed by atoms with Gasteiger partial charge in [0, 0.05) is 0 Å². The monoisotopic (exact) mass is 181 g/mol. The van der Waals surface area contributed by atoms with Crippen molar-refractivity contribution >= 4 is 32.8 Å². The third-order valence-electron chi connectivity index (χ3n) is 1.46. The van der Waals surface area contributed by atoms with E-state index < -0.39 is 0 Å². The molecule has 6 heteroatoms. The number of thiazole rings is 1. The molecule has 0 radical (unpaired) electrons. The zero-order valence-corrected chi connectivity index (χ0v) is 7.22. The van der Waals surface area contributed by atoms with E-state index in [1.165, 1.54) is 11.3 Å². The van der Waals surface area contributed by atoms with Crippen LogP contribution < -0.4 is 11.5 Å². The van der Waals surface area contributed by atoms with Gasteiger partial charge in [-0.15, -0.1) is 0 Å². The van der Waals surface area contributed by atoms with Gasteiger partial charge in [-0.2, -0.15) is 4.98 Å². The van der Waals surface area contributed by atoms with Crippen LogP contribution in [0.15, 0.2) is 0 Å². The van der Waals surface area contributed by atoms with Gasteiger partial charge in [0.05, 0.1) is 10.4 Å². The van der Waals surface area contributed by atoms with Gasteiger partial charge in [-0.3, -0.25) is 0 Å². The molecule has 0 aromatic carbocycles. The largest absolute Gasteiger partial charge is 0.375 e. The maximum Gasteiger partial charge on any atom is 0.222 e. The second-order valence-electron chi connectivity index (χ2n) is 2.37. The van der Waals surface area contributed by atoms with Crippen molar-refractivity contribution in [3.63, 3.8) is 0 Å². The van der Waals surface area contributed by atoms with Crippen molar-refractivity contribution in [3.05, 3.63) is 5.69 Å². The first kappa shape index (κ1) is 7.23. The van der Waals surface area contributed by atoms with Crippen molar-refractivity contribution in [2.24, 2.45) is 0 Å². The fourth-order valence-corrected chi connectivity index (χ4v) is 1.71. The van der Waals surface area contributed by atoms with E-state index in [2.05, 4.69) is 15.0 Å². The summed E-state index contributed by atoms with van der Waals surface area (Å²) in [4.78, 5) is 11.9. The molecule has 0 fully saturated rings. The molecule has 0 saturated heterocycles. The number of nitrogens with two attached hydrogens (primary N) is 2. The van der Waals surface area contributed by atoms with Crippen LogP contribution in [0.1, 0.15) is 5.69 Å². The molecule has 0 aliphatic heterocycles. The highest BCUT2D eigenvalue weighted by Gasteiger charge is 2.06. The average molecular weight is 181 g/mol. The van der Waals surface area contributed by atoms with E-state index in [0.717, 1.165) is 10.4 Å². The highest BCUT2D eigenvalue weighted by molar-refractivity contribution is 7.22. The standard InChI is InChI=1S/C6H7N5S/c1-2-3-4(10-5(7)9-2)11-6(8)12-3/h1H3,(H4,7,8,9,10,11). The van der Waals surface area contributed by atoms with Crippen molar-refractivity contribution in [2.75, 3.05) is 11.5 Å². The second kappa shape index (κ2) is 2.28. The molecule has 2 aromatic rings. The van der Waals surface area contributed by atoms with E-state index in [0.29, 0.717) is 10.8 Å². The summed E-state index contributed by atoms with van der Waals surface area (Å²) in [6.45, 7) is 1.86. The molecule has 2 heterocycles. The van der Waals surface area contributed by atoms with E-state index in [-0.39, 0.29) is 5.95 Å². The van der Waals surface area contributed by atoms with Gasteiger partial charge in [-0.05, 0) is 6.92 Å². The Labute approximate surface area is 72.5 Å².